The Bertz CT molecular complexity index is 1090. The van der Waals surface area contributed by atoms with Gasteiger partial charge in [-0.1, -0.05) is 36.4 Å². The molecule has 2 heterocycles. The minimum absolute atomic E-state index is 0.248. The van der Waals surface area contributed by atoms with E-state index in [4.69, 9.17) is 24.2 Å². The summed E-state index contributed by atoms with van der Waals surface area (Å²) in [5.41, 5.74) is 3.07. The van der Waals surface area contributed by atoms with Gasteiger partial charge in [-0.05, 0) is 48.2 Å². The van der Waals surface area contributed by atoms with E-state index >= 15 is 0 Å². The molecule has 0 saturated carbocycles. The van der Waals surface area contributed by atoms with Crippen molar-refractivity contribution in [2.45, 2.75) is 6.17 Å². The van der Waals surface area contributed by atoms with Crippen LogP contribution in [0.2, 0.25) is 0 Å². The molecular formula is C23H18N2O3S. The second-order valence-electron chi connectivity index (χ2n) is 6.55. The molecule has 2 aliphatic rings. The van der Waals surface area contributed by atoms with Crippen LogP contribution in [-0.2, 0) is 0 Å². The fourth-order valence-corrected chi connectivity index (χ4v) is 4.20. The summed E-state index contributed by atoms with van der Waals surface area (Å²) in [5.74, 6) is 2.31. The lowest BCUT2D eigenvalue weighted by molar-refractivity contribution is 0.174. The summed E-state index contributed by atoms with van der Waals surface area (Å²) < 4.78 is 16.3. The van der Waals surface area contributed by atoms with E-state index in [2.05, 4.69) is 12.1 Å². The normalized spacial score (nSPS) is 17.5. The predicted molar refractivity (Wildman–Crippen MR) is 115 cm³/mol. The van der Waals surface area contributed by atoms with Crippen LogP contribution >= 0.6 is 11.8 Å². The van der Waals surface area contributed by atoms with Gasteiger partial charge in [0.1, 0.15) is 15.8 Å². The van der Waals surface area contributed by atoms with Crippen molar-refractivity contribution in [3.63, 3.8) is 0 Å². The van der Waals surface area contributed by atoms with Crippen molar-refractivity contribution in [3.05, 3.63) is 89.5 Å². The van der Waals surface area contributed by atoms with E-state index in [0.29, 0.717) is 0 Å². The van der Waals surface area contributed by atoms with Crippen LogP contribution in [0, 0.1) is 0 Å². The Balaban J connectivity index is 1.56. The largest absolute Gasteiger partial charge is 0.497 e. The van der Waals surface area contributed by atoms with Gasteiger partial charge < -0.3 is 14.2 Å². The smallest absolute Gasteiger partial charge is 0.231 e. The Hall–Kier alpha value is -3.25. The van der Waals surface area contributed by atoms with Gasteiger partial charge in [-0.2, -0.15) is 0 Å². The molecule has 2 aliphatic heterocycles. The number of thioether (sulfide) groups is 1. The molecule has 6 heteroatoms. The molecule has 3 aromatic carbocycles. The van der Waals surface area contributed by atoms with Gasteiger partial charge in [0.25, 0.3) is 0 Å². The van der Waals surface area contributed by atoms with Crippen LogP contribution in [0.5, 0.6) is 17.2 Å². The molecule has 0 saturated heterocycles. The van der Waals surface area contributed by atoms with Crippen LogP contribution in [0.4, 0.5) is 0 Å². The average molecular weight is 402 g/mol. The van der Waals surface area contributed by atoms with Gasteiger partial charge in [0.05, 0.1) is 7.11 Å². The van der Waals surface area contributed by atoms with Crippen molar-refractivity contribution in [2.75, 3.05) is 13.9 Å². The Labute approximate surface area is 173 Å². The zero-order chi connectivity index (χ0) is 19.6. The maximum Gasteiger partial charge on any atom is 0.231 e. The second kappa shape index (κ2) is 7.64. The molecule has 0 aromatic heterocycles. The first-order chi connectivity index (χ1) is 14.3. The summed E-state index contributed by atoms with van der Waals surface area (Å²) in [6.07, 6.45) is -0.349. The molecule has 144 valence electrons. The van der Waals surface area contributed by atoms with Crippen molar-refractivity contribution in [1.82, 2.24) is 0 Å². The van der Waals surface area contributed by atoms with Crippen LogP contribution in [0.25, 0.3) is 0 Å². The maximum atomic E-state index is 5.54. The number of rotatable bonds is 4. The van der Waals surface area contributed by atoms with Crippen LogP contribution in [0.3, 0.4) is 0 Å². The molecule has 0 fully saturated rings. The average Bonchev–Trinajstić information content (AvgIpc) is 3.27. The summed E-state index contributed by atoms with van der Waals surface area (Å²) in [5, 5.41) is 1.86. The number of hydrogen-bond acceptors (Lipinski definition) is 6. The lowest BCUT2D eigenvalue weighted by Gasteiger charge is -2.20. The van der Waals surface area contributed by atoms with E-state index in [-0.39, 0.29) is 13.0 Å². The van der Waals surface area contributed by atoms with Crippen LogP contribution in [-0.4, -0.2) is 24.0 Å². The third kappa shape index (κ3) is 3.59. The molecule has 1 atom stereocenters. The number of fused-ring (bicyclic) bond motifs is 1. The zero-order valence-electron chi connectivity index (χ0n) is 15.7. The highest BCUT2D eigenvalue weighted by Crippen LogP contribution is 2.38. The topological polar surface area (TPSA) is 52.4 Å². The van der Waals surface area contributed by atoms with Crippen molar-refractivity contribution in [3.8, 4) is 17.2 Å². The molecule has 0 unspecified atom stereocenters. The van der Waals surface area contributed by atoms with Crippen LogP contribution in [0.1, 0.15) is 22.9 Å². The highest BCUT2D eigenvalue weighted by atomic mass is 32.2. The van der Waals surface area contributed by atoms with E-state index in [1.165, 1.54) is 0 Å². The van der Waals surface area contributed by atoms with Crippen LogP contribution < -0.4 is 14.2 Å². The number of aliphatic imine (C=N–C) groups is 2. The van der Waals surface area contributed by atoms with Crippen molar-refractivity contribution in [2.24, 2.45) is 9.98 Å². The minimum atomic E-state index is -0.349. The van der Waals surface area contributed by atoms with Gasteiger partial charge in [0.15, 0.2) is 17.7 Å². The predicted octanol–water partition coefficient (Wildman–Crippen LogP) is 5.06. The summed E-state index contributed by atoms with van der Waals surface area (Å²) in [4.78, 5) is 9.86. The summed E-state index contributed by atoms with van der Waals surface area (Å²) in [6.45, 7) is 0.248. The molecule has 5 nitrogen and oxygen atoms in total. The van der Waals surface area contributed by atoms with Gasteiger partial charge in [-0.3, -0.25) is 0 Å². The Morgan fingerprint density at radius 1 is 0.828 bits per heavy atom. The molecule has 0 amide bonds. The maximum absolute atomic E-state index is 5.54. The van der Waals surface area contributed by atoms with Gasteiger partial charge in [0, 0.05) is 16.7 Å². The van der Waals surface area contributed by atoms with Crippen molar-refractivity contribution < 1.29 is 14.2 Å². The summed E-state index contributed by atoms with van der Waals surface area (Å²) >= 11 is 1.58. The quantitative estimate of drug-likeness (QED) is 0.612. The molecule has 0 spiro atoms. The van der Waals surface area contributed by atoms with Gasteiger partial charge >= 0.3 is 0 Å². The van der Waals surface area contributed by atoms with Crippen molar-refractivity contribution in [1.29, 1.82) is 0 Å². The molecular weight excluding hydrogens is 384 g/mol. The number of nitrogens with zero attached hydrogens (tertiary/aromatic N) is 2. The lowest BCUT2D eigenvalue weighted by atomic mass is 10.1. The van der Waals surface area contributed by atoms with E-state index < -0.39 is 0 Å². The Kier molecular flexibility index (Phi) is 4.69. The van der Waals surface area contributed by atoms with Gasteiger partial charge in [0.2, 0.25) is 6.79 Å². The number of methoxy groups -OCH3 is 1. The molecule has 0 N–H and O–H groups in total. The van der Waals surface area contributed by atoms with Crippen molar-refractivity contribution >= 4 is 21.8 Å². The third-order valence-electron chi connectivity index (χ3n) is 4.72. The molecule has 3 aromatic rings. The molecule has 5 rings (SSSR count). The number of benzene rings is 3. The minimum Gasteiger partial charge on any atom is -0.497 e. The number of ether oxygens (including phenoxy) is 3. The van der Waals surface area contributed by atoms with Gasteiger partial charge in [-0.25, -0.2) is 9.98 Å². The van der Waals surface area contributed by atoms with E-state index in [9.17, 15) is 0 Å². The second-order valence-corrected chi connectivity index (χ2v) is 7.53. The molecule has 29 heavy (non-hydrogen) atoms. The first kappa shape index (κ1) is 17.8. The van der Waals surface area contributed by atoms with E-state index in [1.54, 1.807) is 18.9 Å². The first-order valence-electron chi connectivity index (χ1n) is 9.23. The fourth-order valence-electron chi connectivity index (χ4n) is 3.20. The van der Waals surface area contributed by atoms with Gasteiger partial charge in [-0.15, -0.1) is 0 Å². The zero-order valence-corrected chi connectivity index (χ0v) is 16.6. The SMILES string of the molecule is COc1ccc(C2=N[C@@H](c3ccc4c(c3)OCO4)N=C(c3ccccc3)S2)cc1. The molecule has 0 bridgehead atoms. The Morgan fingerprint density at radius 3 is 2.24 bits per heavy atom. The monoisotopic (exact) mass is 402 g/mol. The van der Waals surface area contributed by atoms with Crippen LogP contribution in [0.15, 0.2) is 82.8 Å². The Morgan fingerprint density at radius 2 is 1.52 bits per heavy atom. The molecule has 0 radical (unpaired) electrons. The lowest BCUT2D eigenvalue weighted by Crippen LogP contribution is -2.12. The number of hydrogen-bond donors (Lipinski definition) is 0. The summed E-state index contributed by atoms with van der Waals surface area (Å²) in [7, 11) is 1.66. The summed E-state index contributed by atoms with van der Waals surface area (Å²) in [6, 6.07) is 24.0. The molecule has 0 aliphatic carbocycles. The third-order valence-corrected chi connectivity index (χ3v) is 5.79. The standard InChI is InChI=1S/C23H18N2O3S/c1-26-18-10-7-16(8-11-18)23-25-21(17-9-12-19-20(13-17)28-14-27-19)24-22(29-23)15-5-3-2-4-6-15/h2-13,21H,14H2,1H3/t21-/m0/s1. The first-order valence-corrected chi connectivity index (χ1v) is 10.0. The highest BCUT2D eigenvalue weighted by Gasteiger charge is 2.24. The van der Waals surface area contributed by atoms with E-state index in [1.807, 2.05) is 60.7 Å². The van der Waals surface area contributed by atoms with E-state index in [0.717, 1.165) is 44.0 Å². The fraction of sp³-hybridized carbons (Fsp3) is 0.130. The highest BCUT2D eigenvalue weighted by molar-refractivity contribution is 8.27.